The third-order valence-corrected chi connectivity index (χ3v) is 2.93. The van der Waals surface area contributed by atoms with Gasteiger partial charge < -0.3 is 9.73 Å². The average Bonchev–Trinajstić information content (AvgIpc) is 2.72. The fraction of sp³-hybridized carbons (Fsp3) is 0.429. The molecule has 0 aliphatic carbocycles. The molecule has 1 atom stereocenters. The highest BCUT2D eigenvalue weighted by Gasteiger charge is 2.17. The largest absolute Gasteiger partial charge is 0.456 e. The van der Waals surface area contributed by atoms with Crippen molar-refractivity contribution in [1.29, 1.82) is 0 Å². The van der Waals surface area contributed by atoms with Crippen molar-refractivity contribution in [2.24, 2.45) is 0 Å². The maximum Gasteiger partial charge on any atom is 0.170 e. The van der Waals surface area contributed by atoms with Gasteiger partial charge in [0.25, 0.3) is 0 Å². The van der Waals surface area contributed by atoms with Crippen LogP contribution in [0.1, 0.15) is 38.5 Å². The summed E-state index contributed by atoms with van der Waals surface area (Å²) in [6, 6.07) is 3.90. The summed E-state index contributed by atoms with van der Waals surface area (Å²) in [5, 5.41) is 3.76. The molecule has 0 spiro atoms. The third kappa shape index (κ3) is 2.53. The smallest absolute Gasteiger partial charge is 0.170 e. The highest BCUT2D eigenvalue weighted by Crippen LogP contribution is 2.28. The average molecular weight is 253 g/mol. The Kier molecular flexibility index (Phi) is 3.97. The molecule has 18 heavy (non-hydrogen) atoms. The molecule has 98 valence electrons. The maximum atomic E-state index is 13.5. The van der Waals surface area contributed by atoms with Gasteiger partial charge in [-0.15, -0.1) is 0 Å². The molecular weight excluding hydrogens is 236 g/mol. The van der Waals surface area contributed by atoms with Crippen LogP contribution in [0.4, 0.5) is 8.78 Å². The molecule has 1 heterocycles. The number of hydrogen-bond acceptors (Lipinski definition) is 2. The topological polar surface area (TPSA) is 25.2 Å². The lowest BCUT2D eigenvalue weighted by Crippen LogP contribution is -2.20. The van der Waals surface area contributed by atoms with Crippen molar-refractivity contribution in [1.82, 2.24) is 5.32 Å². The highest BCUT2D eigenvalue weighted by molar-refractivity contribution is 5.78. The number of furan rings is 1. The van der Waals surface area contributed by atoms with Gasteiger partial charge in [0, 0.05) is 11.5 Å². The quantitative estimate of drug-likeness (QED) is 0.865. The lowest BCUT2D eigenvalue weighted by Gasteiger charge is -2.13. The Labute approximate surface area is 105 Å². The first-order valence-corrected chi connectivity index (χ1v) is 6.27. The summed E-state index contributed by atoms with van der Waals surface area (Å²) in [6.07, 6.45) is 1.89. The summed E-state index contributed by atoms with van der Waals surface area (Å²) in [5.41, 5.74) is 0.130. The monoisotopic (exact) mass is 253 g/mol. The fourth-order valence-corrected chi connectivity index (χ4v) is 2.15. The standard InChI is InChI=1S/C14H17F2NO/c1-3-5-12(17-4-2)13-7-9-6-10(15)8-11(16)14(9)18-13/h6-8,12,17H,3-5H2,1-2H3. The second kappa shape index (κ2) is 5.48. The zero-order chi connectivity index (χ0) is 13.1. The van der Waals surface area contributed by atoms with Gasteiger partial charge in [-0.1, -0.05) is 20.3 Å². The zero-order valence-corrected chi connectivity index (χ0v) is 10.6. The number of hydrogen-bond donors (Lipinski definition) is 1. The molecule has 0 saturated heterocycles. The summed E-state index contributed by atoms with van der Waals surface area (Å²) >= 11 is 0. The molecule has 0 saturated carbocycles. The van der Waals surface area contributed by atoms with Crippen LogP contribution in [0.15, 0.2) is 22.6 Å². The summed E-state index contributed by atoms with van der Waals surface area (Å²) in [5.74, 6) is -0.566. The van der Waals surface area contributed by atoms with Crippen molar-refractivity contribution in [3.05, 3.63) is 35.6 Å². The molecular formula is C14H17F2NO. The number of rotatable bonds is 5. The molecule has 2 rings (SSSR count). The molecule has 2 aromatic rings. The molecule has 0 aliphatic heterocycles. The molecule has 1 aromatic heterocycles. The van der Waals surface area contributed by atoms with Crippen LogP contribution >= 0.6 is 0 Å². The van der Waals surface area contributed by atoms with Crippen LogP contribution in [-0.4, -0.2) is 6.54 Å². The predicted molar refractivity (Wildman–Crippen MR) is 67.5 cm³/mol. The molecule has 0 amide bonds. The van der Waals surface area contributed by atoms with Crippen LogP contribution in [0.25, 0.3) is 11.0 Å². The van der Waals surface area contributed by atoms with E-state index in [2.05, 4.69) is 12.2 Å². The van der Waals surface area contributed by atoms with Gasteiger partial charge in [0.15, 0.2) is 11.4 Å². The summed E-state index contributed by atoms with van der Waals surface area (Å²) in [4.78, 5) is 0. The number of fused-ring (bicyclic) bond motifs is 1. The predicted octanol–water partition coefficient (Wildman–Crippen LogP) is 4.16. The van der Waals surface area contributed by atoms with Gasteiger partial charge in [0.05, 0.1) is 6.04 Å². The van der Waals surface area contributed by atoms with Crippen molar-refractivity contribution in [2.75, 3.05) is 6.54 Å². The van der Waals surface area contributed by atoms with Crippen LogP contribution in [0.5, 0.6) is 0 Å². The molecule has 0 radical (unpaired) electrons. The van der Waals surface area contributed by atoms with Crippen LogP contribution in [0.3, 0.4) is 0 Å². The SMILES string of the molecule is CCCC(NCC)c1cc2cc(F)cc(F)c2o1. The lowest BCUT2D eigenvalue weighted by atomic mass is 10.1. The summed E-state index contributed by atoms with van der Waals surface area (Å²) in [6.45, 7) is 4.89. The van der Waals surface area contributed by atoms with Gasteiger partial charge in [-0.25, -0.2) is 8.78 Å². The molecule has 0 bridgehead atoms. The first-order valence-electron chi connectivity index (χ1n) is 6.27. The van der Waals surface area contributed by atoms with E-state index in [1.54, 1.807) is 6.07 Å². The van der Waals surface area contributed by atoms with Gasteiger partial charge in [-0.05, 0) is 25.1 Å². The Bertz CT molecular complexity index is 530. The number of nitrogens with one attached hydrogen (secondary N) is 1. The number of benzene rings is 1. The minimum Gasteiger partial charge on any atom is -0.456 e. The molecule has 1 unspecified atom stereocenters. The molecule has 4 heteroatoms. The van der Waals surface area contributed by atoms with E-state index in [1.807, 2.05) is 6.92 Å². The van der Waals surface area contributed by atoms with Crippen molar-refractivity contribution in [3.63, 3.8) is 0 Å². The van der Waals surface area contributed by atoms with Gasteiger partial charge >= 0.3 is 0 Å². The van der Waals surface area contributed by atoms with E-state index in [0.29, 0.717) is 11.1 Å². The van der Waals surface area contributed by atoms with E-state index in [0.717, 1.165) is 25.5 Å². The van der Waals surface area contributed by atoms with Crippen LogP contribution in [0, 0.1) is 11.6 Å². The van der Waals surface area contributed by atoms with E-state index in [-0.39, 0.29) is 11.6 Å². The van der Waals surface area contributed by atoms with Crippen molar-refractivity contribution >= 4 is 11.0 Å². The highest BCUT2D eigenvalue weighted by atomic mass is 19.1. The Morgan fingerprint density at radius 1 is 1.22 bits per heavy atom. The fourth-order valence-electron chi connectivity index (χ4n) is 2.15. The Morgan fingerprint density at radius 2 is 2.00 bits per heavy atom. The van der Waals surface area contributed by atoms with E-state index in [9.17, 15) is 8.78 Å². The minimum atomic E-state index is -0.650. The molecule has 1 N–H and O–H groups in total. The van der Waals surface area contributed by atoms with Gasteiger partial charge in [0.2, 0.25) is 0 Å². The first kappa shape index (κ1) is 13.0. The van der Waals surface area contributed by atoms with Crippen LogP contribution in [0.2, 0.25) is 0 Å². The molecule has 2 nitrogen and oxygen atoms in total. The molecule has 0 fully saturated rings. The van der Waals surface area contributed by atoms with Crippen molar-refractivity contribution < 1.29 is 13.2 Å². The second-order valence-electron chi connectivity index (χ2n) is 4.35. The van der Waals surface area contributed by atoms with Crippen molar-refractivity contribution in [2.45, 2.75) is 32.7 Å². The Morgan fingerprint density at radius 3 is 2.67 bits per heavy atom. The first-order chi connectivity index (χ1) is 8.65. The second-order valence-corrected chi connectivity index (χ2v) is 4.35. The van der Waals surface area contributed by atoms with E-state index in [4.69, 9.17) is 4.42 Å². The van der Waals surface area contributed by atoms with Crippen molar-refractivity contribution in [3.8, 4) is 0 Å². The number of halogens is 2. The summed E-state index contributed by atoms with van der Waals surface area (Å²) < 4.78 is 32.2. The third-order valence-electron chi connectivity index (χ3n) is 2.93. The maximum absolute atomic E-state index is 13.5. The van der Waals surface area contributed by atoms with Gasteiger partial charge in [-0.3, -0.25) is 0 Å². The minimum absolute atomic E-state index is 0.0508. The summed E-state index contributed by atoms with van der Waals surface area (Å²) in [7, 11) is 0. The lowest BCUT2D eigenvalue weighted by molar-refractivity contribution is 0.409. The zero-order valence-electron chi connectivity index (χ0n) is 10.6. The van der Waals surface area contributed by atoms with Gasteiger partial charge in [-0.2, -0.15) is 0 Å². The van der Waals surface area contributed by atoms with Crippen LogP contribution < -0.4 is 5.32 Å². The molecule has 1 aromatic carbocycles. The van der Waals surface area contributed by atoms with Gasteiger partial charge in [0.1, 0.15) is 11.6 Å². The normalized spacial score (nSPS) is 13.1. The van der Waals surface area contributed by atoms with E-state index < -0.39 is 11.6 Å². The molecule has 0 aliphatic rings. The van der Waals surface area contributed by atoms with Crippen LogP contribution in [-0.2, 0) is 0 Å². The van der Waals surface area contributed by atoms with E-state index >= 15 is 0 Å². The Hall–Kier alpha value is -1.42. The van der Waals surface area contributed by atoms with E-state index in [1.165, 1.54) is 6.07 Å². The Balaban J connectivity index is 2.41.